The Morgan fingerprint density at radius 3 is 0.982 bits per heavy atom. The van der Waals surface area contributed by atoms with Gasteiger partial charge in [-0.25, -0.2) is 19.9 Å². The number of rotatable bonds is 8. The van der Waals surface area contributed by atoms with E-state index in [2.05, 4.69) is 334 Å². The monoisotopic (exact) mass is 1440 g/mol. The average Bonchev–Trinajstić information content (AvgIpc) is 1.51. The van der Waals surface area contributed by atoms with E-state index in [1.165, 1.54) is 120 Å². The van der Waals surface area contributed by atoms with Gasteiger partial charge in [0.15, 0.2) is 11.6 Å². The number of hydrogen-bond donors (Lipinski definition) is 0. The first-order chi connectivity index (χ1) is 55.5. The van der Waals surface area contributed by atoms with Gasteiger partial charge in [-0.1, -0.05) is 346 Å². The predicted molar refractivity (Wildman–Crippen MR) is 460 cm³/mol. The molecule has 0 fully saturated rings. The lowest BCUT2D eigenvalue weighted by atomic mass is 9.70. The van der Waals surface area contributed by atoms with Crippen molar-refractivity contribution in [2.75, 3.05) is 0 Å². The second-order valence-corrected chi connectivity index (χ2v) is 30.7. The number of fused-ring (bicyclic) bond motifs is 26. The molecule has 4 aromatic heterocycles. The zero-order valence-corrected chi connectivity index (χ0v) is 61.4. The summed E-state index contributed by atoms with van der Waals surface area (Å²) in [4.78, 5) is 20.7. The van der Waals surface area contributed by atoms with Crippen molar-refractivity contribution in [1.82, 2.24) is 19.9 Å². The van der Waals surface area contributed by atoms with Crippen molar-refractivity contribution < 1.29 is 4.42 Å². The van der Waals surface area contributed by atoms with Crippen molar-refractivity contribution in [3.63, 3.8) is 0 Å². The van der Waals surface area contributed by atoms with Crippen LogP contribution in [-0.2, 0) is 10.8 Å². The Hall–Kier alpha value is -14.3. The largest absolute Gasteiger partial charge is 0.455 e. The Bertz CT molecular complexity index is 6590. The van der Waals surface area contributed by atoms with Crippen molar-refractivity contribution in [2.45, 2.75) is 10.8 Å². The highest BCUT2D eigenvalue weighted by Crippen LogP contribution is 2.65. The van der Waals surface area contributed by atoms with Gasteiger partial charge < -0.3 is 4.42 Å². The maximum atomic E-state index is 6.86. The first-order valence-electron chi connectivity index (χ1n) is 38.3. The summed E-state index contributed by atoms with van der Waals surface area (Å²) in [7, 11) is 0. The van der Waals surface area contributed by atoms with E-state index >= 15 is 0 Å². The molecule has 2 spiro atoms. The van der Waals surface area contributed by atoms with Crippen molar-refractivity contribution in [3.8, 4) is 135 Å². The highest BCUT2D eigenvalue weighted by molar-refractivity contribution is 7.26. The lowest BCUT2D eigenvalue weighted by Crippen LogP contribution is -2.25. The molecule has 20 aromatic rings. The number of nitrogens with zero attached hydrogens (tertiary/aromatic N) is 4. The van der Waals surface area contributed by atoms with Gasteiger partial charge in [-0.3, -0.25) is 0 Å². The van der Waals surface area contributed by atoms with Crippen LogP contribution in [0.2, 0.25) is 0 Å². The zero-order chi connectivity index (χ0) is 73.6. The number of para-hydroxylation sites is 1. The lowest BCUT2D eigenvalue weighted by molar-refractivity contribution is 0.670. The molecule has 520 valence electrons. The van der Waals surface area contributed by atoms with Crippen LogP contribution in [0.15, 0.2) is 393 Å². The van der Waals surface area contributed by atoms with Crippen LogP contribution in [0, 0.1) is 0 Å². The molecule has 4 aliphatic rings. The van der Waals surface area contributed by atoms with Crippen molar-refractivity contribution >= 4 is 53.4 Å². The molecule has 0 amide bonds. The first-order valence-corrected chi connectivity index (χ1v) is 39.1. The molecule has 4 aliphatic carbocycles. The minimum Gasteiger partial charge on any atom is -0.455 e. The van der Waals surface area contributed by atoms with Crippen LogP contribution in [0.25, 0.3) is 177 Å². The second-order valence-electron chi connectivity index (χ2n) is 29.6. The summed E-state index contributed by atoms with van der Waals surface area (Å²) in [6.45, 7) is 0. The fourth-order valence-electron chi connectivity index (χ4n) is 19.2. The van der Waals surface area contributed by atoms with Gasteiger partial charge >= 0.3 is 0 Å². The maximum absolute atomic E-state index is 6.86. The van der Waals surface area contributed by atoms with Crippen LogP contribution in [0.5, 0.6) is 0 Å². The Balaban J connectivity index is 0.000000134. The minimum absolute atomic E-state index is 0.395. The number of aromatic nitrogens is 4. The standard InChI is InChI=1S/C53H32N2O.C53H32N2S/c2*1-3-15-33(16-4-1)47-32-48(55-52(54-47)34-17-5-2-6-18-34)41-30-29-36(50-42-22-10-14-26-49(42)56-51(41)50)35-27-28-40-39-21-9-13-25-45(39)53(46(40)31-35)43-23-11-7-19-37(43)38-20-8-12-24-44(38)53/h2*1-32H. The smallest absolute Gasteiger partial charge is 0.160 e. The Morgan fingerprint density at radius 1 is 0.214 bits per heavy atom. The maximum Gasteiger partial charge on any atom is 0.160 e. The molecule has 0 saturated heterocycles. The molecule has 0 radical (unpaired) electrons. The molecule has 0 bridgehead atoms. The van der Waals surface area contributed by atoms with Gasteiger partial charge in [-0.2, -0.15) is 0 Å². The molecule has 0 aliphatic heterocycles. The molecule has 16 aromatic carbocycles. The van der Waals surface area contributed by atoms with Crippen LogP contribution >= 0.6 is 11.3 Å². The summed E-state index contributed by atoms with van der Waals surface area (Å²) in [5, 5.41) is 4.69. The zero-order valence-electron chi connectivity index (χ0n) is 60.6. The molecule has 0 unspecified atom stereocenters. The van der Waals surface area contributed by atoms with E-state index in [0.29, 0.717) is 5.82 Å². The van der Waals surface area contributed by atoms with Gasteiger partial charge in [0, 0.05) is 64.3 Å². The van der Waals surface area contributed by atoms with Gasteiger partial charge in [0.2, 0.25) is 0 Å². The third-order valence-electron chi connectivity index (χ3n) is 23.9. The van der Waals surface area contributed by atoms with Gasteiger partial charge in [0.25, 0.3) is 0 Å². The average molecular weight is 1440 g/mol. The molecule has 6 heteroatoms. The third kappa shape index (κ3) is 9.43. The van der Waals surface area contributed by atoms with Crippen LogP contribution in [-0.4, -0.2) is 19.9 Å². The topological polar surface area (TPSA) is 64.7 Å². The van der Waals surface area contributed by atoms with Crippen molar-refractivity contribution in [3.05, 3.63) is 433 Å². The highest BCUT2D eigenvalue weighted by atomic mass is 32.1. The molecular weight excluding hydrogens is 1380 g/mol. The quantitative estimate of drug-likeness (QED) is 0.152. The van der Waals surface area contributed by atoms with Gasteiger partial charge in [0.1, 0.15) is 11.2 Å². The minimum atomic E-state index is -0.421. The van der Waals surface area contributed by atoms with Crippen LogP contribution in [0.3, 0.4) is 0 Å². The second kappa shape index (κ2) is 25.1. The number of thiophene rings is 1. The molecule has 112 heavy (non-hydrogen) atoms. The summed E-state index contributed by atoms with van der Waals surface area (Å²) in [5.41, 5.74) is 36.4. The first kappa shape index (κ1) is 63.8. The van der Waals surface area contributed by atoms with Gasteiger partial charge in [-0.05, 0) is 154 Å². The van der Waals surface area contributed by atoms with E-state index < -0.39 is 10.8 Å². The molecule has 24 rings (SSSR count). The van der Waals surface area contributed by atoms with E-state index in [9.17, 15) is 0 Å². The normalized spacial score (nSPS) is 13.1. The van der Waals surface area contributed by atoms with E-state index in [-0.39, 0.29) is 0 Å². The summed E-state index contributed by atoms with van der Waals surface area (Å²) < 4.78 is 9.36. The molecular formula is C106H64N4OS. The summed E-state index contributed by atoms with van der Waals surface area (Å²) in [5.74, 6) is 1.40. The predicted octanol–water partition coefficient (Wildman–Crippen LogP) is 27.2. The van der Waals surface area contributed by atoms with Gasteiger partial charge in [0.05, 0.1) is 33.6 Å². The lowest BCUT2D eigenvalue weighted by Gasteiger charge is -2.30. The molecule has 0 N–H and O–H groups in total. The van der Waals surface area contributed by atoms with E-state index in [1.54, 1.807) is 0 Å². The fraction of sp³-hybridized carbons (Fsp3) is 0.0189. The van der Waals surface area contributed by atoms with Crippen LogP contribution < -0.4 is 0 Å². The van der Waals surface area contributed by atoms with Crippen molar-refractivity contribution in [1.29, 1.82) is 0 Å². The SMILES string of the molecule is c1ccc(-c2cc(-c3ccc(-c4ccc5c(c4)C4(c6ccccc6-c6ccccc64)c4ccccc4-5)c4c3oc3ccccc34)nc(-c3ccccc3)n2)cc1.c1ccc(-c2cc(-c3ccc(-c4ccc5c(c4)C4(c6ccccc6-c6ccccc64)c4ccccc4-5)c4c3sc3ccccc34)nc(-c3ccccc3)n2)cc1. The van der Waals surface area contributed by atoms with E-state index in [1.807, 2.05) is 65.9 Å². The van der Waals surface area contributed by atoms with E-state index in [0.717, 1.165) is 95.0 Å². The molecule has 4 heterocycles. The molecule has 0 saturated carbocycles. The number of hydrogen-bond acceptors (Lipinski definition) is 6. The third-order valence-corrected chi connectivity index (χ3v) is 25.1. The summed E-state index contributed by atoms with van der Waals surface area (Å²) in [6.07, 6.45) is 0. The number of benzene rings is 16. The highest BCUT2D eigenvalue weighted by Gasteiger charge is 2.53. The molecule has 0 atom stereocenters. The Kier molecular flexibility index (Phi) is 14.3. The van der Waals surface area contributed by atoms with Crippen molar-refractivity contribution in [2.24, 2.45) is 0 Å². The molecule has 5 nitrogen and oxygen atoms in total. The van der Waals surface area contributed by atoms with Gasteiger partial charge in [-0.15, -0.1) is 11.3 Å². The fourth-order valence-corrected chi connectivity index (χ4v) is 20.4. The summed E-state index contributed by atoms with van der Waals surface area (Å²) >= 11 is 1.85. The Morgan fingerprint density at radius 2 is 0.536 bits per heavy atom. The summed E-state index contributed by atoms with van der Waals surface area (Å²) in [6, 6.07) is 140. The van der Waals surface area contributed by atoms with Crippen LogP contribution in [0.4, 0.5) is 0 Å². The van der Waals surface area contributed by atoms with Crippen LogP contribution in [0.1, 0.15) is 44.5 Å². The van der Waals surface area contributed by atoms with E-state index in [4.69, 9.17) is 24.4 Å². The Labute approximate surface area is 651 Å². The number of furan rings is 1.